The second-order valence-corrected chi connectivity index (χ2v) is 2.77. The normalized spacial score (nSPS) is 8.53. The van der Waals surface area contributed by atoms with Gasteiger partial charge in [-0.25, -0.2) is 0 Å². The fourth-order valence-corrected chi connectivity index (χ4v) is 0.575. The van der Waals surface area contributed by atoms with Crippen molar-refractivity contribution < 1.29 is 19.8 Å². The lowest BCUT2D eigenvalue weighted by molar-refractivity contribution is -0.119. The Morgan fingerprint density at radius 2 is 1.40 bits per heavy atom. The summed E-state index contributed by atoms with van der Waals surface area (Å²) in [5, 5.41) is 21.3. The van der Waals surface area contributed by atoms with E-state index in [1.807, 2.05) is 0 Å². The lowest BCUT2D eigenvalue weighted by atomic mass is 10.4. The zero-order chi connectivity index (χ0) is 12.1. The summed E-state index contributed by atoms with van der Waals surface area (Å²) >= 11 is 0. The average molecular weight is 220 g/mol. The summed E-state index contributed by atoms with van der Waals surface area (Å²) in [6.45, 7) is 3.95. The molecule has 0 saturated heterocycles. The summed E-state index contributed by atoms with van der Waals surface area (Å²) in [4.78, 5) is 20.1. The van der Waals surface area contributed by atoms with Gasteiger partial charge in [-0.05, 0) is 6.42 Å². The Kier molecular flexibility index (Phi) is 14.0. The Morgan fingerprint density at radius 1 is 0.933 bits per heavy atom. The molecule has 0 aliphatic rings. The van der Waals surface area contributed by atoms with Gasteiger partial charge in [0.15, 0.2) is 0 Å². The Labute approximate surface area is 89.7 Å². The van der Waals surface area contributed by atoms with E-state index in [-0.39, 0.29) is 25.0 Å². The van der Waals surface area contributed by atoms with Gasteiger partial charge in [0, 0.05) is 33.5 Å². The van der Waals surface area contributed by atoms with E-state index in [0.717, 1.165) is 0 Å². The van der Waals surface area contributed by atoms with E-state index >= 15 is 0 Å². The maximum absolute atomic E-state index is 10.1. The molecule has 90 valence electrons. The predicted octanol–water partition coefficient (Wildman–Crippen LogP) is -1.38. The molecule has 0 unspecified atom stereocenters. The number of hydrogen-bond donors (Lipinski definition) is 4. The van der Waals surface area contributed by atoms with E-state index in [9.17, 15) is 9.59 Å². The monoisotopic (exact) mass is 220 g/mol. The molecule has 0 bridgehead atoms. The van der Waals surface area contributed by atoms with Gasteiger partial charge in [-0.15, -0.1) is 0 Å². The van der Waals surface area contributed by atoms with Crippen molar-refractivity contribution in [2.24, 2.45) is 0 Å². The molecule has 0 saturated carbocycles. The van der Waals surface area contributed by atoms with E-state index < -0.39 is 0 Å². The van der Waals surface area contributed by atoms with Gasteiger partial charge in [-0.2, -0.15) is 0 Å². The highest BCUT2D eigenvalue weighted by Gasteiger charge is 1.86. The predicted molar refractivity (Wildman–Crippen MR) is 56.2 cm³/mol. The molecule has 0 fully saturated rings. The van der Waals surface area contributed by atoms with Crippen molar-refractivity contribution in [1.29, 1.82) is 0 Å². The first-order valence-corrected chi connectivity index (χ1v) is 4.75. The van der Waals surface area contributed by atoms with Gasteiger partial charge < -0.3 is 20.8 Å². The van der Waals surface area contributed by atoms with Crippen molar-refractivity contribution in [2.75, 3.05) is 26.3 Å². The van der Waals surface area contributed by atoms with Crippen LogP contribution in [0.1, 0.15) is 20.3 Å². The van der Waals surface area contributed by atoms with E-state index in [1.165, 1.54) is 13.8 Å². The maximum atomic E-state index is 10.1. The number of aliphatic hydroxyl groups is 2. The molecule has 0 atom stereocenters. The fraction of sp³-hybridized carbons (Fsp3) is 0.778. The summed E-state index contributed by atoms with van der Waals surface area (Å²) in [7, 11) is 0. The summed E-state index contributed by atoms with van der Waals surface area (Å²) in [6, 6.07) is 0. The summed E-state index contributed by atoms with van der Waals surface area (Å²) < 4.78 is 0. The Morgan fingerprint density at radius 3 is 1.67 bits per heavy atom. The first-order chi connectivity index (χ1) is 7.04. The number of nitrogens with one attached hydrogen (secondary N) is 2. The van der Waals surface area contributed by atoms with Crippen LogP contribution in [0.15, 0.2) is 0 Å². The van der Waals surface area contributed by atoms with Crippen LogP contribution in [0, 0.1) is 0 Å². The highest BCUT2D eigenvalue weighted by molar-refractivity contribution is 5.72. The van der Waals surface area contributed by atoms with Gasteiger partial charge in [0.05, 0.1) is 6.61 Å². The van der Waals surface area contributed by atoms with Crippen LogP contribution >= 0.6 is 0 Å². The number of amides is 2. The molecule has 0 aliphatic carbocycles. The molecule has 0 aromatic carbocycles. The van der Waals surface area contributed by atoms with Gasteiger partial charge in [0.1, 0.15) is 0 Å². The highest BCUT2D eigenvalue weighted by atomic mass is 16.3. The second kappa shape index (κ2) is 12.9. The lowest BCUT2D eigenvalue weighted by Gasteiger charge is -1.96. The van der Waals surface area contributed by atoms with Crippen molar-refractivity contribution in [3.63, 3.8) is 0 Å². The van der Waals surface area contributed by atoms with Crippen LogP contribution in [0.4, 0.5) is 0 Å². The van der Waals surface area contributed by atoms with Crippen molar-refractivity contribution >= 4 is 11.8 Å². The zero-order valence-electron chi connectivity index (χ0n) is 9.25. The molecule has 6 nitrogen and oxygen atoms in total. The number of carbonyl (C=O) groups is 2. The van der Waals surface area contributed by atoms with Crippen LogP contribution in [0.5, 0.6) is 0 Å². The Bertz CT molecular complexity index is 173. The number of rotatable bonds is 5. The molecule has 0 spiro atoms. The SMILES string of the molecule is CC(=O)NCCCO.CC(=O)NCCO. The molecule has 2 amide bonds. The largest absolute Gasteiger partial charge is 0.396 e. The average Bonchev–Trinajstić information content (AvgIpc) is 2.15. The van der Waals surface area contributed by atoms with E-state index in [0.29, 0.717) is 19.5 Å². The molecule has 15 heavy (non-hydrogen) atoms. The van der Waals surface area contributed by atoms with Gasteiger partial charge >= 0.3 is 0 Å². The van der Waals surface area contributed by atoms with Crippen LogP contribution in [0.3, 0.4) is 0 Å². The standard InChI is InChI=1S/C5H11NO2.C4H9NO2/c1-5(8)6-3-2-4-7;1-4(7)5-2-3-6/h7H,2-4H2,1H3,(H,6,8);6H,2-3H2,1H3,(H,5,7). The van der Waals surface area contributed by atoms with E-state index in [1.54, 1.807) is 0 Å². The van der Waals surface area contributed by atoms with E-state index in [2.05, 4.69) is 10.6 Å². The lowest BCUT2D eigenvalue weighted by Crippen LogP contribution is -2.22. The van der Waals surface area contributed by atoms with Crippen molar-refractivity contribution in [3.8, 4) is 0 Å². The minimum absolute atomic E-state index is 0.0135. The third-order valence-corrected chi connectivity index (χ3v) is 1.19. The molecule has 0 aliphatic heterocycles. The number of hydrogen-bond acceptors (Lipinski definition) is 4. The van der Waals surface area contributed by atoms with Crippen molar-refractivity contribution in [2.45, 2.75) is 20.3 Å². The van der Waals surface area contributed by atoms with Crippen molar-refractivity contribution in [3.05, 3.63) is 0 Å². The molecule has 0 heterocycles. The Balaban J connectivity index is 0. The number of carbonyl (C=O) groups excluding carboxylic acids is 2. The molecule has 0 aromatic rings. The van der Waals surface area contributed by atoms with Gasteiger partial charge in [0.25, 0.3) is 0 Å². The topological polar surface area (TPSA) is 98.7 Å². The van der Waals surface area contributed by atoms with Gasteiger partial charge in [-0.3, -0.25) is 9.59 Å². The third kappa shape index (κ3) is 24.6. The molecular weight excluding hydrogens is 200 g/mol. The minimum Gasteiger partial charge on any atom is -0.396 e. The van der Waals surface area contributed by atoms with E-state index in [4.69, 9.17) is 10.2 Å². The van der Waals surface area contributed by atoms with Gasteiger partial charge in [-0.1, -0.05) is 0 Å². The number of aliphatic hydroxyl groups excluding tert-OH is 2. The second-order valence-electron chi connectivity index (χ2n) is 2.77. The van der Waals surface area contributed by atoms with Crippen molar-refractivity contribution in [1.82, 2.24) is 10.6 Å². The van der Waals surface area contributed by atoms with Crippen LogP contribution in [0.2, 0.25) is 0 Å². The summed E-state index contributed by atoms with van der Waals surface area (Å²) in [5.41, 5.74) is 0. The molecule has 0 radical (unpaired) electrons. The third-order valence-electron chi connectivity index (χ3n) is 1.19. The molecule has 0 rings (SSSR count). The van der Waals surface area contributed by atoms with Crippen LogP contribution in [-0.4, -0.2) is 48.3 Å². The maximum Gasteiger partial charge on any atom is 0.216 e. The highest BCUT2D eigenvalue weighted by Crippen LogP contribution is 1.70. The minimum atomic E-state index is -0.103. The fourth-order valence-electron chi connectivity index (χ4n) is 0.575. The Hall–Kier alpha value is -1.14. The summed E-state index contributed by atoms with van der Waals surface area (Å²) in [5.74, 6) is -0.146. The molecule has 4 N–H and O–H groups in total. The molecular formula is C9H20N2O4. The zero-order valence-corrected chi connectivity index (χ0v) is 9.25. The smallest absolute Gasteiger partial charge is 0.216 e. The summed E-state index contributed by atoms with van der Waals surface area (Å²) in [6.07, 6.45) is 0.638. The van der Waals surface area contributed by atoms with Crippen LogP contribution < -0.4 is 10.6 Å². The molecule has 0 aromatic heterocycles. The van der Waals surface area contributed by atoms with Crippen LogP contribution in [-0.2, 0) is 9.59 Å². The molecule has 6 heteroatoms. The first kappa shape index (κ1) is 16.3. The quantitative estimate of drug-likeness (QED) is 0.429. The van der Waals surface area contributed by atoms with Crippen LogP contribution in [0.25, 0.3) is 0 Å². The first-order valence-electron chi connectivity index (χ1n) is 4.75. The van der Waals surface area contributed by atoms with Gasteiger partial charge in [0.2, 0.25) is 11.8 Å².